The van der Waals surface area contributed by atoms with Crippen LogP contribution in [-0.2, 0) is 11.3 Å². The first-order chi connectivity index (χ1) is 13.6. The zero-order valence-corrected chi connectivity index (χ0v) is 18.0. The lowest BCUT2D eigenvalue weighted by Crippen LogP contribution is -2.48. The molecule has 150 valence electrons. The van der Waals surface area contributed by atoms with Gasteiger partial charge in [0.1, 0.15) is 0 Å². The molecular weight excluding hydrogens is 386 g/mol. The SMILES string of the molecule is C[C@@H](NC(=O)CNC(=S)N(Cc1cccs1)C1CCCCC1)c1ccccc1. The summed E-state index contributed by atoms with van der Waals surface area (Å²) in [6.07, 6.45) is 6.16. The van der Waals surface area contributed by atoms with Crippen LogP contribution >= 0.6 is 23.6 Å². The second kappa shape index (κ2) is 10.6. The topological polar surface area (TPSA) is 44.4 Å². The summed E-state index contributed by atoms with van der Waals surface area (Å²) in [5, 5.41) is 9.02. The van der Waals surface area contributed by atoms with Crippen molar-refractivity contribution in [2.45, 2.75) is 57.7 Å². The zero-order chi connectivity index (χ0) is 19.8. The molecule has 1 aliphatic rings. The minimum Gasteiger partial charge on any atom is -0.353 e. The fourth-order valence-electron chi connectivity index (χ4n) is 3.70. The van der Waals surface area contributed by atoms with E-state index in [0.717, 1.165) is 12.1 Å². The number of carbonyl (C=O) groups is 1. The quantitative estimate of drug-likeness (QED) is 0.647. The lowest BCUT2D eigenvalue weighted by molar-refractivity contribution is -0.120. The van der Waals surface area contributed by atoms with Gasteiger partial charge in [-0.1, -0.05) is 55.7 Å². The van der Waals surface area contributed by atoms with Gasteiger partial charge in [0.15, 0.2) is 5.11 Å². The van der Waals surface area contributed by atoms with Gasteiger partial charge in [0.05, 0.1) is 19.1 Å². The Morgan fingerprint density at radius 1 is 1.18 bits per heavy atom. The van der Waals surface area contributed by atoms with E-state index in [9.17, 15) is 4.79 Å². The van der Waals surface area contributed by atoms with Gasteiger partial charge in [0.2, 0.25) is 5.91 Å². The van der Waals surface area contributed by atoms with Crippen LogP contribution < -0.4 is 10.6 Å². The van der Waals surface area contributed by atoms with Crippen LogP contribution in [0.2, 0.25) is 0 Å². The maximum atomic E-state index is 12.4. The highest BCUT2D eigenvalue weighted by Crippen LogP contribution is 2.25. The van der Waals surface area contributed by atoms with Crippen LogP contribution in [0, 0.1) is 0 Å². The Kier molecular flexibility index (Phi) is 7.86. The smallest absolute Gasteiger partial charge is 0.239 e. The van der Waals surface area contributed by atoms with Crippen molar-refractivity contribution in [2.24, 2.45) is 0 Å². The summed E-state index contributed by atoms with van der Waals surface area (Å²) in [7, 11) is 0. The molecular formula is C22H29N3OS2. The van der Waals surface area contributed by atoms with Gasteiger partial charge in [0, 0.05) is 10.9 Å². The van der Waals surface area contributed by atoms with E-state index >= 15 is 0 Å². The fourth-order valence-corrected chi connectivity index (χ4v) is 4.69. The third-order valence-corrected chi connectivity index (χ3v) is 6.50. The number of nitrogens with one attached hydrogen (secondary N) is 2. The van der Waals surface area contributed by atoms with E-state index in [-0.39, 0.29) is 18.5 Å². The fraction of sp³-hybridized carbons (Fsp3) is 0.455. The normalized spacial score (nSPS) is 15.6. The average Bonchev–Trinajstić information content (AvgIpc) is 3.25. The summed E-state index contributed by atoms with van der Waals surface area (Å²) in [6, 6.07) is 14.7. The Morgan fingerprint density at radius 2 is 1.93 bits per heavy atom. The van der Waals surface area contributed by atoms with E-state index in [1.54, 1.807) is 11.3 Å². The van der Waals surface area contributed by atoms with E-state index in [1.807, 2.05) is 37.3 Å². The number of amides is 1. The number of carbonyl (C=O) groups excluding carboxylic acids is 1. The zero-order valence-electron chi connectivity index (χ0n) is 16.4. The van der Waals surface area contributed by atoms with Gasteiger partial charge in [0.25, 0.3) is 0 Å². The second-order valence-corrected chi connectivity index (χ2v) is 8.78. The van der Waals surface area contributed by atoms with E-state index in [4.69, 9.17) is 12.2 Å². The van der Waals surface area contributed by atoms with Crippen LogP contribution in [0.25, 0.3) is 0 Å². The Bertz CT molecular complexity index is 742. The summed E-state index contributed by atoms with van der Waals surface area (Å²) in [6.45, 7) is 3.01. The molecule has 0 bridgehead atoms. The van der Waals surface area contributed by atoms with Gasteiger partial charge in [-0.2, -0.15) is 0 Å². The van der Waals surface area contributed by atoms with Crippen LogP contribution in [0.1, 0.15) is 55.5 Å². The third kappa shape index (κ3) is 6.04. The van der Waals surface area contributed by atoms with Crippen molar-refractivity contribution in [3.05, 3.63) is 58.3 Å². The molecule has 0 spiro atoms. The van der Waals surface area contributed by atoms with Crippen LogP contribution in [0.15, 0.2) is 47.8 Å². The van der Waals surface area contributed by atoms with Crippen molar-refractivity contribution in [1.29, 1.82) is 0 Å². The van der Waals surface area contributed by atoms with Crippen LogP contribution in [-0.4, -0.2) is 28.5 Å². The lowest BCUT2D eigenvalue weighted by atomic mass is 9.94. The van der Waals surface area contributed by atoms with E-state index in [1.165, 1.54) is 37.0 Å². The van der Waals surface area contributed by atoms with E-state index < -0.39 is 0 Å². The summed E-state index contributed by atoms with van der Waals surface area (Å²) >= 11 is 7.45. The molecule has 1 amide bonds. The Hall–Kier alpha value is -1.92. The first-order valence-electron chi connectivity index (χ1n) is 10.0. The number of hydrogen-bond acceptors (Lipinski definition) is 3. The summed E-state index contributed by atoms with van der Waals surface area (Å²) < 4.78 is 0. The summed E-state index contributed by atoms with van der Waals surface area (Å²) in [5.41, 5.74) is 1.10. The molecule has 1 atom stereocenters. The highest BCUT2D eigenvalue weighted by atomic mass is 32.1. The predicted octanol–water partition coefficient (Wildman–Crippen LogP) is 4.63. The molecule has 6 heteroatoms. The number of hydrogen-bond donors (Lipinski definition) is 2. The molecule has 0 unspecified atom stereocenters. The molecule has 1 aromatic carbocycles. The van der Waals surface area contributed by atoms with Crippen molar-refractivity contribution in [2.75, 3.05) is 6.54 Å². The molecule has 1 saturated carbocycles. The molecule has 1 fully saturated rings. The van der Waals surface area contributed by atoms with Crippen molar-refractivity contribution in [1.82, 2.24) is 15.5 Å². The Balaban J connectivity index is 1.54. The maximum absolute atomic E-state index is 12.4. The van der Waals surface area contributed by atoms with Gasteiger partial charge in [-0.25, -0.2) is 0 Å². The molecule has 0 radical (unpaired) electrons. The van der Waals surface area contributed by atoms with E-state index in [0.29, 0.717) is 11.2 Å². The highest BCUT2D eigenvalue weighted by molar-refractivity contribution is 7.80. The molecule has 0 aliphatic heterocycles. The number of thiophene rings is 1. The first kappa shape index (κ1) is 20.8. The molecule has 3 rings (SSSR count). The highest BCUT2D eigenvalue weighted by Gasteiger charge is 2.24. The number of rotatable bonds is 7. The van der Waals surface area contributed by atoms with Crippen LogP contribution in [0.3, 0.4) is 0 Å². The second-order valence-electron chi connectivity index (χ2n) is 7.36. The standard InChI is InChI=1S/C22H29N3OS2/c1-17(18-9-4-2-5-10-18)24-21(26)15-23-22(27)25(16-20-13-8-14-28-20)19-11-6-3-7-12-19/h2,4-5,8-10,13-14,17,19H,3,6-7,11-12,15-16H2,1H3,(H,23,27)(H,24,26)/t17-/m1/s1. The van der Waals surface area contributed by atoms with Gasteiger partial charge in [-0.05, 0) is 49.0 Å². The summed E-state index contributed by atoms with van der Waals surface area (Å²) in [5.74, 6) is -0.0431. The minimum atomic E-state index is -0.0431. The first-order valence-corrected chi connectivity index (χ1v) is 11.3. The predicted molar refractivity (Wildman–Crippen MR) is 120 cm³/mol. The Morgan fingerprint density at radius 3 is 2.61 bits per heavy atom. The van der Waals surface area contributed by atoms with Gasteiger partial charge >= 0.3 is 0 Å². The van der Waals surface area contributed by atoms with Crippen molar-refractivity contribution >= 4 is 34.6 Å². The minimum absolute atomic E-state index is 0.0235. The number of thiocarbonyl (C=S) groups is 1. The molecule has 1 aliphatic carbocycles. The molecule has 2 N–H and O–H groups in total. The monoisotopic (exact) mass is 415 g/mol. The molecule has 1 aromatic heterocycles. The molecule has 4 nitrogen and oxygen atoms in total. The number of benzene rings is 1. The third-order valence-electron chi connectivity index (χ3n) is 5.26. The van der Waals surface area contributed by atoms with Crippen molar-refractivity contribution in [3.63, 3.8) is 0 Å². The largest absolute Gasteiger partial charge is 0.353 e. The molecule has 0 saturated heterocycles. The number of nitrogens with zero attached hydrogens (tertiary/aromatic N) is 1. The summed E-state index contributed by atoms with van der Waals surface area (Å²) in [4.78, 5) is 16.0. The lowest BCUT2D eigenvalue weighted by Gasteiger charge is -2.36. The average molecular weight is 416 g/mol. The van der Waals surface area contributed by atoms with Crippen LogP contribution in [0.4, 0.5) is 0 Å². The van der Waals surface area contributed by atoms with Gasteiger partial charge < -0.3 is 15.5 Å². The van der Waals surface area contributed by atoms with E-state index in [2.05, 4.69) is 33.0 Å². The molecule has 1 heterocycles. The molecule has 2 aromatic rings. The van der Waals surface area contributed by atoms with Crippen molar-refractivity contribution < 1.29 is 4.79 Å². The van der Waals surface area contributed by atoms with Gasteiger partial charge in [-0.15, -0.1) is 11.3 Å². The van der Waals surface area contributed by atoms with Gasteiger partial charge in [-0.3, -0.25) is 4.79 Å². The van der Waals surface area contributed by atoms with Crippen LogP contribution in [0.5, 0.6) is 0 Å². The molecule has 28 heavy (non-hydrogen) atoms. The maximum Gasteiger partial charge on any atom is 0.239 e. The Labute approximate surface area is 177 Å². The van der Waals surface area contributed by atoms with Crippen molar-refractivity contribution in [3.8, 4) is 0 Å².